The van der Waals surface area contributed by atoms with Crippen molar-refractivity contribution >= 4 is 22.6 Å². The van der Waals surface area contributed by atoms with Crippen molar-refractivity contribution in [2.75, 3.05) is 0 Å². The highest BCUT2D eigenvalue weighted by Gasteiger charge is 2.24. The maximum absolute atomic E-state index is 12.5. The zero-order chi connectivity index (χ0) is 18.4. The Morgan fingerprint density at radius 2 is 2.08 bits per heavy atom. The first-order chi connectivity index (χ1) is 12.0. The van der Waals surface area contributed by atoms with Gasteiger partial charge in [-0.15, -0.1) is 0 Å². The molecule has 134 valence electrons. The second-order valence-electron chi connectivity index (χ2n) is 6.68. The molecule has 0 aliphatic heterocycles. The monoisotopic (exact) mass is 355 g/mol. The van der Waals surface area contributed by atoms with E-state index in [1.165, 1.54) is 21.6 Å². The van der Waals surface area contributed by atoms with Crippen LogP contribution in [0.4, 0.5) is 0 Å². The number of hydrogen-bond donors (Lipinski definition) is 1. The van der Waals surface area contributed by atoms with Crippen LogP contribution in [0, 0.1) is 5.92 Å². The Labute approximate surface area is 156 Å². The zero-order valence-electron chi connectivity index (χ0n) is 15.8. The van der Waals surface area contributed by atoms with E-state index in [1.807, 2.05) is 12.3 Å². The lowest BCUT2D eigenvalue weighted by Gasteiger charge is -2.19. The number of allylic oxidation sites excluding steroid dienone is 2. The summed E-state index contributed by atoms with van der Waals surface area (Å²) in [5.74, 6) is 0.194. The van der Waals surface area contributed by atoms with E-state index < -0.39 is 0 Å². The van der Waals surface area contributed by atoms with Crippen LogP contribution in [0.5, 0.6) is 0 Å². The third-order valence-corrected chi connectivity index (χ3v) is 5.93. The molecule has 2 rings (SSSR count). The second kappa shape index (κ2) is 9.10. The van der Waals surface area contributed by atoms with Gasteiger partial charge in [0.15, 0.2) is 0 Å². The highest BCUT2D eigenvalue weighted by atomic mass is 32.2. The Hall–Kier alpha value is -1.74. The van der Waals surface area contributed by atoms with Crippen LogP contribution < -0.4 is 5.32 Å². The van der Waals surface area contributed by atoms with E-state index >= 15 is 0 Å². The second-order valence-corrected chi connectivity index (χ2v) is 7.66. The van der Waals surface area contributed by atoms with Gasteiger partial charge in [-0.25, -0.2) is 0 Å². The molecule has 0 spiro atoms. The van der Waals surface area contributed by atoms with Crippen molar-refractivity contribution in [2.24, 2.45) is 5.92 Å². The number of thioether (sulfide) groups is 1. The first-order valence-electron chi connectivity index (χ1n) is 9.02. The fourth-order valence-electron chi connectivity index (χ4n) is 3.16. The number of amides is 1. The number of carbonyl (C=O) groups is 1. The molecular formula is C22H29NOS. The van der Waals surface area contributed by atoms with Gasteiger partial charge in [0.2, 0.25) is 5.91 Å². The Balaban J connectivity index is 2.09. The van der Waals surface area contributed by atoms with E-state index in [1.54, 1.807) is 11.8 Å². The minimum Gasteiger partial charge on any atom is -0.349 e. The SMILES string of the molecule is C=CS/C(=C(/C)CC)c1ccc([C@H](C)NC(=O)C2CCC=C2C)cc1. The van der Waals surface area contributed by atoms with Gasteiger partial charge < -0.3 is 5.32 Å². The summed E-state index contributed by atoms with van der Waals surface area (Å²) in [6.45, 7) is 12.3. The molecule has 0 heterocycles. The van der Waals surface area contributed by atoms with Gasteiger partial charge in [-0.05, 0) is 56.6 Å². The van der Waals surface area contributed by atoms with Crippen molar-refractivity contribution in [3.63, 3.8) is 0 Å². The van der Waals surface area contributed by atoms with Crippen molar-refractivity contribution in [3.05, 3.63) is 64.6 Å². The summed E-state index contributed by atoms with van der Waals surface area (Å²) in [6.07, 6.45) is 5.15. The van der Waals surface area contributed by atoms with Gasteiger partial charge in [0.05, 0.1) is 12.0 Å². The fourth-order valence-corrected chi connectivity index (χ4v) is 3.95. The molecule has 2 nitrogen and oxygen atoms in total. The molecule has 25 heavy (non-hydrogen) atoms. The van der Waals surface area contributed by atoms with Crippen LogP contribution in [-0.2, 0) is 4.79 Å². The van der Waals surface area contributed by atoms with Crippen LogP contribution in [-0.4, -0.2) is 5.91 Å². The number of carbonyl (C=O) groups excluding carboxylic acids is 1. The van der Waals surface area contributed by atoms with Gasteiger partial charge in [0, 0.05) is 4.91 Å². The molecule has 3 heteroatoms. The summed E-state index contributed by atoms with van der Waals surface area (Å²) >= 11 is 1.67. The predicted octanol–water partition coefficient (Wildman–Crippen LogP) is 6.24. The molecule has 0 bridgehead atoms. The van der Waals surface area contributed by atoms with Crippen molar-refractivity contribution in [3.8, 4) is 0 Å². The van der Waals surface area contributed by atoms with Crippen LogP contribution in [0.1, 0.15) is 64.1 Å². The minimum absolute atomic E-state index is 0.0155. The van der Waals surface area contributed by atoms with E-state index in [2.05, 4.69) is 63.0 Å². The highest BCUT2D eigenvalue weighted by Crippen LogP contribution is 2.33. The Morgan fingerprint density at radius 1 is 1.40 bits per heavy atom. The molecule has 0 aromatic heterocycles. The van der Waals surface area contributed by atoms with Crippen LogP contribution in [0.3, 0.4) is 0 Å². The molecule has 1 amide bonds. The van der Waals surface area contributed by atoms with E-state index in [4.69, 9.17) is 0 Å². The Morgan fingerprint density at radius 3 is 2.60 bits per heavy atom. The largest absolute Gasteiger partial charge is 0.349 e. The number of benzene rings is 1. The van der Waals surface area contributed by atoms with Gasteiger partial charge in [0.1, 0.15) is 0 Å². The van der Waals surface area contributed by atoms with Crippen LogP contribution >= 0.6 is 11.8 Å². The van der Waals surface area contributed by atoms with Gasteiger partial charge in [-0.1, -0.05) is 66.8 Å². The maximum Gasteiger partial charge on any atom is 0.227 e. The van der Waals surface area contributed by atoms with Gasteiger partial charge >= 0.3 is 0 Å². The van der Waals surface area contributed by atoms with Crippen LogP contribution in [0.15, 0.2) is 53.5 Å². The average Bonchev–Trinajstić information content (AvgIpc) is 3.05. The molecule has 0 saturated carbocycles. The highest BCUT2D eigenvalue weighted by molar-refractivity contribution is 8.10. The molecule has 2 atom stereocenters. The third-order valence-electron chi connectivity index (χ3n) is 4.94. The lowest BCUT2D eigenvalue weighted by Crippen LogP contribution is -2.32. The van der Waals surface area contributed by atoms with E-state index in [0.29, 0.717) is 0 Å². The van der Waals surface area contributed by atoms with Gasteiger partial charge in [0.25, 0.3) is 0 Å². The molecule has 0 fully saturated rings. The molecule has 1 unspecified atom stereocenters. The van der Waals surface area contributed by atoms with Crippen molar-refractivity contribution in [1.29, 1.82) is 0 Å². The molecule has 1 aliphatic rings. The number of nitrogens with one attached hydrogen (secondary N) is 1. The fraction of sp³-hybridized carbons (Fsp3) is 0.409. The summed E-state index contributed by atoms with van der Waals surface area (Å²) in [4.78, 5) is 13.7. The summed E-state index contributed by atoms with van der Waals surface area (Å²) in [5, 5.41) is 5.04. The normalized spacial score (nSPS) is 19.0. The van der Waals surface area contributed by atoms with Crippen molar-refractivity contribution in [1.82, 2.24) is 5.32 Å². The molecule has 0 saturated heterocycles. The average molecular weight is 356 g/mol. The zero-order valence-corrected chi connectivity index (χ0v) is 16.6. The van der Waals surface area contributed by atoms with Crippen LogP contribution in [0.2, 0.25) is 0 Å². The maximum atomic E-state index is 12.5. The summed E-state index contributed by atoms with van der Waals surface area (Å²) in [6, 6.07) is 8.53. The first kappa shape index (κ1) is 19.6. The van der Waals surface area contributed by atoms with Crippen molar-refractivity contribution in [2.45, 2.75) is 53.0 Å². The Bertz CT molecular complexity index is 684. The van der Waals surface area contributed by atoms with E-state index in [-0.39, 0.29) is 17.9 Å². The number of rotatable bonds is 7. The molecule has 1 aromatic rings. The number of hydrogen-bond acceptors (Lipinski definition) is 2. The van der Waals surface area contributed by atoms with Crippen LogP contribution in [0.25, 0.3) is 4.91 Å². The van der Waals surface area contributed by atoms with E-state index in [9.17, 15) is 4.79 Å². The predicted molar refractivity (Wildman–Crippen MR) is 110 cm³/mol. The van der Waals surface area contributed by atoms with E-state index in [0.717, 1.165) is 24.8 Å². The topological polar surface area (TPSA) is 29.1 Å². The third kappa shape index (κ3) is 4.88. The summed E-state index contributed by atoms with van der Waals surface area (Å²) in [5.41, 5.74) is 4.91. The lowest BCUT2D eigenvalue weighted by atomic mass is 10.00. The minimum atomic E-state index is 0.0155. The summed E-state index contributed by atoms with van der Waals surface area (Å²) in [7, 11) is 0. The van der Waals surface area contributed by atoms with Gasteiger partial charge in [-0.3, -0.25) is 4.79 Å². The molecular weight excluding hydrogens is 326 g/mol. The molecule has 1 aromatic carbocycles. The first-order valence-corrected chi connectivity index (χ1v) is 9.90. The summed E-state index contributed by atoms with van der Waals surface area (Å²) < 4.78 is 0. The smallest absolute Gasteiger partial charge is 0.227 e. The Kier molecular flexibility index (Phi) is 7.12. The lowest BCUT2D eigenvalue weighted by molar-refractivity contribution is -0.124. The standard InChI is InChI=1S/C22H29NOS/c1-6-15(3)21(25-7-2)19-13-11-18(12-14-19)17(5)23-22(24)20-10-8-9-16(20)4/h7,9,11-14,17,20H,2,6,8,10H2,1,3-5H3,(H,23,24)/b21-15-/t17-,20?/m0/s1. The molecule has 1 N–H and O–H groups in total. The molecule has 0 radical (unpaired) electrons. The van der Waals surface area contributed by atoms with Crippen molar-refractivity contribution < 1.29 is 4.79 Å². The van der Waals surface area contributed by atoms with Gasteiger partial charge in [-0.2, -0.15) is 0 Å². The quantitative estimate of drug-likeness (QED) is 0.587. The molecule has 1 aliphatic carbocycles.